The first-order chi connectivity index (χ1) is 10.6. The van der Waals surface area contributed by atoms with E-state index in [4.69, 9.17) is 9.47 Å². The fraction of sp³-hybridized carbons (Fsp3) is 0.316. The topological polar surface area (TPSA) is 35.5 Å². The van der Waals surface area contributed by atoms with Crippen molar-refractivity contribution in [1.29, 1.82) is 0 Å². The van der Waals surface area contributed by atoms with Gasteiger partial charge in [0.1, 0.15) is 11.2 Å². The van der Waals surface area contributed by atoms with E-state index in [1.54, 1.807) is 7.11 Å². The highest BCUT2D eigenvalue weighted by Gasteiger charge is 2.71. The molecule has 114 valence electrons. The lowest BCUT2D eigenvalue weighted by Gasteiger charge is -2.22. The van der Waals surface area contributed by atoms with Crippen molar-refractivity contribution in [2.24, 2.45) is 0 Å². The van der Waals surface area contributed by atoms with E-state index < -0.39 is 5.41 Å². The molecule has 1 fully saturated rings. The Bertz CT molecular complexity index is 678. The molecule has 1 saturated carbocycles. The van der Waals surface area contributed by atoms with Gasteiger partial charge in [0.2, 0.25) is 0 Å². The molecule has 2 aromatic carbocycles. The second-order valence-corrected chi connectivity index (χ2v) is 6.00. The van der Waals surface area contributed by atoms with Crippen LogP contribution in [0, 0.1) is 0 Å². The Hall–Kier alpha value is -2.29. The SMILES string of the molecule is COC(=O)[C@@]1(c2ccc(OC)cc2)C[C@]1(C)c1ccccc1. The number of benzene rings is 2. The van der Waals surface area contributed by atoms with Crippen molar-refractivity contribution in [1.82, 2.24) is 0 Å². The van der Waals surface area contributed by atoms with Crippen molar-refractivity contribution in [3.63, 3.8) is 0 Å². The second kappa shape index (κ2) is 5.16. The number of carbonyl (C=O) groups is 1. The highest BCUT2D eigenvalue weighted by atomic mass is 16.5. The molecule has 0 bridgehead atoms. The molecule has 0 heterocycles. The van der Waals surface area contributed by atoms with E-state index in [0.717, 1.165) is 23.3 Å². The lowest BCUT2D eigenvalue weighted by molar-refractivity contribution is -0.144. The van der Waals surface area contributed by atoms with Gasteiger partial charge in [0.15, 0.2) is 0 Å². The highest BCUT2D eigenvalue weighted by molar-refractivity contribution is 5.91. The summed E-state index contributed by atoms with van der Waals surface area (Å²) in [5.74, 6) is 0.606. The minimum Gasteiger partial charge on any atom is -0.497 e. The average molecular weight is 296 g/mol. The van der Waals surface area contributed by atoms with Crippen molar-refractivity contribution in [2.45, 2.75) is 24.2 Å². The van der Waals surface area contributed by atoms with E-state index in [-0.39, 0.29) is 11.4 Å². The third kappa shape index (κ3) is 1.92. The van der Waals surface area contributed by atoms with Gasteiger partial charge in [-0.15, -0.1) is 0 Å². The van der Waals surface area contributed by atoms with Gasteiger partial charge in [0.25, 0.3) is 0 Å². The van der Waals surface area contributed by atoms with Crippen molar-refractivity contribution in [2.75, 3.05) is 14.2 Å². The molecule has 3 nitrogen and oxygen atoms in total. The average Bonchev–Trinajstić information content (AvgIpc) is 3.24. The number of hydrogen-bond donors (Lipinski definition) is 0. The fourth-order valence-corrected chi connectivity index (χ4v) is 3.53. The molecule has 0 unspecified atom stereocenters. The minimum atomic E-state index is -0.616. The number of methoxy groups -OCH3 is 2. The van der Waals surface area contributed by atoms with Crippen LogP contribution in [0.5, 0.6) is 5.75 Å². The van der Waals surface area contributed by atoms with Crippen LogP contribution in [0.25, 0.3) is 0 Å². The molecule has 3 heteroatoms. The van der Waals surface area contributed by atoms with Gasteiger partial charge in [-0.2, -0.15) is 0 Å². The Kier molecular flexibility index (Phi) is 3.44. The van der Waals surface area contributed by atoms with Gasteiger partial charge >= 0.3 is 5.97 Å². The van der Waals surface area contributed by atoms with Gasteiger partial charge in [-0.05, 0) is 29.7 Å². The van der Waals surface area contributed by atoms with Crippen LogP contribution in [-0.4, -0.2) is 20.2 Å². The standard InChI is InChI=1S/C19H20O3/c1-18(14-7-5-4-6-8-14)13-19(18,17(20)22-3)15-9-11-16(21-2)12-10-15/h4-12H,13H2,1-3H3/t18-,19+/m1/s1. The molecule has 1 aliphatic carbocycles. The van der Waals surface area contributed by atoms with Crippen LogP contribution in [0.2, 0.25) is 0 Å². The fourth-order valence-electron chi connectivity index (χ4n) is 3.53. The zero-order chi connectivity index (χ0) is 15.8. The summed E-state index contributed by atoms with van der Waals surface area (Å²) >= 11 is 0. The Balaban J connectivity index is 2.07. The van der Waals surface area contributed by atoms with Gasteiger partial charge in [0.05, 0.1) is 14.2 Å². The predicted molar refractivity (Wildman–Crippen MR) is 85.1 cm³/mol. The molecular weight excluding hydrogens is 276 g/mol. The van der Waals surface area contributed by atoms with E-state index in [1.807, 2.05) is 42.5 Å². The molecule has 0 N–H and O–H groups in total. The predicted octanol–water partition coefficient (Wildman–Crippen LogP) is 3.47. The van der Waals surface area contributed by atoms with Gasteiger partial charge < -0.3 is 9.47 Å². The maximum atomic E-state index is 12.6. The van der Waals surface area contributed by atoms with E-state index in [0.29, 0.717) is 0 Å². The monoisotopic (exact) mass is 296 g/mol. The van der Waals surface area contributed by atoms with Crippen LogP contribution < -0.4 is 4.74 Å². The Morgan fingerprint density at radius 2 is 1.59 bits per heavy atom. The van der Waals surface area contributed by atoms with Crippen molar-refractivity contribution >= 4 is 5.97 Å². The third-order valence-electron chi connectivity index (χ3n) is 4.96. The highest BCUT2D eigenvalue weighted by Crippen LogP contribution is 2.65. The zero-order valence-corrected chi connectivity index (χ0v) is 13.1. The lowest BCUT2D eigenvalue weighted by Crippen LogP contribution is -2.30. The van der Waals surface area contributed by atoms with Crippen LogP contribution in [0.15, 0.2) is 54.6 Å². The first kappa shape index (κ1) is 14.6. The van der Waals surface area contributed by atoms with Gasteiger partial charge in [-0.1, -0.05) is 49.4 Å². The molecule has 0 radical (unpaired) electrons. The molecule has 0 saturated heterocycles. The minimum absolute atomic E-state index is 0.177. The molecule has 22 heavy (non-hydrogen) atoms. The first-order valence-corrected chi connectivity index (χ1v) is 7.37. The normalized spacial score (nSPS) is 26.3. The maximum absolute atomic E-state index is 12.6. The number of esters is 1. The summed E-state index contributed by atoms with van der Waals surface area (Å²) in [4.78, 5) is 12.6. The summed E-state index contributed by atoms with van der Waals surface area (Å²) in [6.45, 7) is 2.13. The quantitative estimate of drug-likeness (QED) is 0.810. The Morgan fingerprint density at radius 1 is 0.955 bits per heavy atom. The van der Waals surface area contributed by atoms with Gasteiger partial charge in [-0.3, -0.25) is 4.79 Å². The number of hydrogen-bond acceptors (Lipinski definition) is 3. The molecule has 3 rings (SSSR count). The molecule has 0 aliphatic heterocycles. The maximum Gasteiger partial charge on any atom is 0.317 e. The van der Waals surface area contributed by atoms with Crippen LogP contribution in [-0.2, 0) is 20.4 Å². The summed E-state index contributed by atoms with van der Waals surface area (Å²) < 4.78 is 10.3. The summed E-state index contributed by atoms with van der Waals surface area (Å²) in [5, 5.41) is 0. The first-order valence-electron chi connectivity index (χ1n) is 7.37. The van der Waals surface area contributed by atoms with Crippen molar-refractivity contribution in [3.05, 3.63) is 65.7 Å². The number of carbonyl (C=O) groups excluding carboxylic acids is 1. The molecule has 2 aromatic rings. The van der Waals surface area contributed by atoms with Crippen LogP contribution in [0.3, 0.4) is 0 Å². The third-order valence-corrected chi connectivity index (χ3v) is 4.96. The molecule has 2 atom stereocenters. The van der Waals surface area contributed by atoms with E-state index in [2.05, 4.69) is 19.1 Å². The Morgan fingerprint density at radius 3 is 2.14 bits per heavy atom. The summed E-state index contributed by atoms with van der Waals surface area (Å²) in [7, 11) is 3.09. The summed E-state index contributed by atoms with van der Waals surface area (Å²) in [6, 6.07) is 17.9. The smallest absolute Gasteiger partial charge is 0.317 e. The van der Waals surface area contributed by atoms with Crippen molar-refractivity contribution < 1.29 is 14.3 Å². The van der Waals surface area contributed by atoms with E-state index >= 15 is 0 Å². The van der Waals surface area contributed by atoms with Crippen molar-refractivity contribution in [3.8, 4) is 5.75 Å². The molecule has 0 spiro atoms. The lowest BCUT2D eigenvalue weighted by atomic mass is 9.82. The van der Waals surface area contributed by atoms with Gasteiger partial charge in [0, 0.05) is 5.41 Å². The van der Waals surface area contributed by atoms with Crippen LogP contribution >= 0.6 is 0 Å². The molecule has 0 amide bonds. The van der Waals surface area contributed by atoms with Crippen LogP contribution in [0.1, 0.15) is 24.5 Å². The molecular formula is C19H20O3. The largest absolute Gasteiger partial charge is 0.497 e. The zero-order valence-electron chi connectivity index (χ0n) is 13.1. The number of ether oxygens (including phenoxy) is 2. The second-order valence-electron chi connectivity index (χ2n) is 6.00. The van der Waals surface area contributed by atoms with E-state index in [1.165, 1.54) is 7.11 Å². The van der Waals surface area contributed by atoms with Crippen LogP contribution in [0.4, 0.5) is 0 Å². The number of rotatable bonds is 4. The summed E-state index contributed by atoms with van der Waals surface area (Å²) in [5.41, 5.74) is 1.29. The van der Waals surface area contributed by atoms with E-state index in [9.17, 15) is 4.79 Å². The Labute approximate surface area is 130 Å². The molecule has 1 aliphatic rings. The molecule has 0 aromatic heterocycles. The van der Waals surface area contributed by atoms with Gasteiger partial charge in [-0.25, -0.2) is 0 Å². The summed E-state index contributed by atoms with van der Waals surface area (Å²) in [6.07, 6.45) is 0.753.